The third-order valence-corrected chi connectivity index (χ3v) is 4.04. The van der Waals surface area contributed by atoms with Gasteiger partial charge in [-0.3, -0.25) is 0 Å². The summed E-state index contributed by atoms with van der Waals surface area (Å²) in [5.74, 6) is 0.347. The van der Waals surface area contributed by atoms with Crippen LogP contribution in [0.5, 0.6) is 5.75 Å². The summed E-state index contributed by atoms with van der Waals surface area (Å²) in [6.45, 7) is 2.95. The normalized spacial score (nSPS) is 10.4. The molecule has 0 aliphatic carbocycles. The predicted octanol–water partition coefficient (Wildman–Crippen LogP) is 6.10. The van der Waals surface area contributed by atoms with Crippen molar-refractivity contribution in [3.8, 4) is 22.9 Å². The van der Waals surface area contributed by atoms with Crippen LogP contribution in [0.3, 0.4) is 0 Å². The lowest BCUT2D eigenvalue weighted by Gasteiger charge is -2.08. The smallest absolute Gasteiger partial charge is 0.141 e. The molecule has 0 spiro atoms. The lowest BCUT2D eigenvalue weighted by atomic mass is 10.0. The van der Waals surface area contributed by atoms with Gasteiger partial charge in [0.1, 0.15) is 17.6 Å². The first-order valence-electron chi connectivity index (χ1n) is 8.67. The number of hydrogen-bond donors (Lipinski definition) is 0. The van der Waals surface area contributed by atoms with E-state index in [-0.39, 0.29) is 5.56 Å². The van der Waals surface area contributed by atoms with Gasteiger partial charge in [-0.2, -0.15) is 5.26 Å². The van der Waals surface area contributed by atoms with Crippen LogP contribution in [-0.4, -0.2) is 6.61 Å². The summed E-state index contributed by atoms with van der Waals surface area (Å²) in [5.41, 5.74) is 1.73. The molecule has 0 saturated carbocycles. The molecular weight excluding hydrogens is 301 g/mol. The second kappa shape index (κ2) is 9.72. The van der Waals surface area contributed by atoms with Gasteiger partial charge in [0.25, 0.3) is 0 Å². The van der Waals surface area contributed by atoms with Crippen LogP contribution in [0.1, 0.15) is 51.0 Å². The number of halogens is 1. The van der Waals surface area contributed by atoms with Crippen LogP contribution < -0.4 is 4.74 Å². The van der Waals surface area contributed by atoms with Gasteiger partial charge in [0.2, 0.25) is 0 Å². The Balaban J connectivity index is 1.83. The predicted molar refractivity (Wildman–Crippen MR) is 95.4 cm³/mol. The van der Waals surface area contributed by atoms with E-state index in [9.17, 15) is 4.39 Å². The summed E-state index contributed by atoms with van der Waals surface area (Å²) >= 11 is 0. The van der Waals surface area contributed by atoms with Gasteiger partial charge in [0.15, 0.2) is 0 Å². The molecule has 0 aromatic heterocycles. The summed E-state index contributed by atoms with van der Waals surface area (Å²) in [5, 5.41) is 8.77. The maximum absolute atomic E-state index is 13.7. The molecule has 126 valence electrons. The Morgan fingerprint density at radius 1 is 0.917 bits per heavy atom. The molecule has 0 saturated heterocycles. The minimum Gasteiger partial charge on any atom is -0.494 e. The number of nitrogens with zero attached hydrogens (tertiary/aromatic N) is 1. The van der Waals surface area contributed by atoms with Crippen molar-refractivity contribution in [2.45, 2.75) is 45.4 Å². The van der Waals surface area contributed by atoms with Crippen LogP contribution in [0.4, 0.5) is 4.39 Å². The molecule has 2 nitrogen and oxygen atoms in total. The highest BCUT2D eigenvalue weighted by Gasteiger charge is 2.05. The maximum atomic E-state index is 13.7. The van der Waals surface area contributed by atoms with E-state index >= 15 is 0 Å². The largest absolute Gasteiger partial charge is 0.494 e. The van der Waals surface area contributed by atoms with Crippen LogP contribution in [-0.2, 0) is 0 Å². The molecule has 0 bridgehead atoms. The van der Waals surface area contributed by atoms with E-state index in [0.717, 1.165) is 29.9 Å². The summed E-state index contributed by atoms with van der Waals surface area (Å²) in [7, 11) is 0. The zero-order valence-corrected chi connectivity index (χ0v) is 14.2. The highest BCUT2D eigenvalue weighted by atomic mass is 19.1. The van der Waals surface area contributed by atoms with Crippen molar-refractivity contribution in [3.05, 3.63) is 53.8 Å². The van der Waals surface area contributed by atoms with Crippen molar-refractivity contribution in [2.75, 3.05) is 6.61 Å². The van der Waals surface area contributed by atoms with E-state index < -0.39 is 5.82 Å². The number of benzene rings is 2. The van der Waals surface area contributed by atoms with Crippen LogP contribution in [0, 0.1) is 17.1 Å². The molecule has 0 heterocycles. The average Bonchev–Trinajstić information content (AvgIpc) is 2.61. The van der Waals surface area contributed by atoms with Crippen molar-refractivity contribution >= 4 is 0 Å². The Kier molecular flexibility index (Phi) is 7.29. The molecule has 0 unspecified atom stereocenters. The summed E-state index contributed by atoms with van der Waals surface area (Å²) < 4.78 is 19.4. The summed E-state index contributed by atoms with van der Waals surface area (Å²) in [6, 6.07) is 14.1. The second-order valence-corrected chi connectivity index (χ2v) is 5.95. The topological polar surface area (TPSA) is 33.0 Å². The second-order valence-electron chi connectivity index (χ2n) is 5.95. The Bertz CT molecular complexity index is 673. The molecule has 2 aromatic carbocycles. The van der Waals surface area contributed by atoms with Crippen molar-refractivity contribution in [1.82, 2.24) is 0 Å². The number of unbranched alkanes of at least 4 members (excludes halogenated alkanes) is 5. The van der Waals surface area contributed by atoms with E-state index in [1.807, 2.05) is 30.3 Å². The van der Waals surface area contributed by atoms with Crippen LogP contribution in [0.15, 0.2) is 42.5 Å². The highest BCUT2D eigenvalue weighted by Crippen LogP contribution is 2.24. The van der Waals surface area contributed by atoms with Crippen molar-refractivity contribution in [3.63, 3.8) is 0 Å². The fourth-order valence-corrected chi connectivity index (χ4v) is 2.60. The fraction of sp³-hybridized carbons (Fsp3) is 0.381. The Hall–Kier alpha value is -2.34. The van der Waals surface area contributed by atoms with E-state index in [1.165, 1.54) is 44.2 Å². The molecule has 0 N–H and O–H groups in total. The molecule has 0 radical (unpaired) electrons. The fourth-order valence-electron chi connectivity index (χ4n) is 2.60. The first kappa shape index (κ1) is 18.0. The molecule has 3 heteroatoms. The molecule has 0 fully saturated rings. The first-order chi connectivity index (χ1) is 11.7. The average molecular weight is 325 g/mol. The van der Waals surface area contributed by atoms with Gasteiger partial charge in [0.05, 0.1) is 12.2 Å². The molecule has 0 aliphatic rings. The van der Waals surface area contributed by atoms with Gasteiger partial charge in [-0.15, -0.1) is 0 Å². The van der Waals surface area contributed by atoms with Gasteiger partial charge >= 0.3 is 0 Å². The third kappa shape index (κ3) is 5.38. The number of ether oxygens (including phenoxy) is 1. The van der Waals surface area contributed by atoms with Gasteiger partial charge in [-0.1, -0.05) is 57.2 Å². The molecule has 2 aromatic rings. The van der Waals surface area contributed by atoms with E-state index in [1.54, 1.807) is 6.07 Å². The number of hydrogen-bond acceptors (Lipinski definition) is 2. The minimum absolute atomic E-state index is 0.0673. The standard InChI is InChI=1S/C21H24FNO/c1-2-3-4-5-6-7-14-24-20-12-10-17(11-13-20)18-8-9-19(16-23)21(22)15-18/h8-13,15H,2-7,14H2,1H3. The monoisotopic (exact) mass is 325 g/mol. The van der Waals surface area contributed by atoms with E-state index in [4.69, 9.17) is 10.00 Å². The van der Waals surface area contributed by atoms with Gasteiger partial charge < -0.3 is 4.74 Å². The Morgan fingerprint density at radius 3 is 2.25 bits per heavy atom. The minimum atomic E-state index is -0.488. The number of rotatable bonds is 9. The lowest BCUT2D eigenvalue weighted by molar-refractivity contribution is 0.304. The van der Waals surface area contributed by atoms with E-state index in [2.05, 4.69) is 6.92 Å². The zero-order valence-electron chi connectivity index (χ0n) is 14.2. The molecule has 2 rings (SSSR count). The van der Waals surface area contributed by atoms with Crippen LogP contribution in [0.25, 0.3) is 11.1 Å². The third-order valence-electron chi connectivity index (χ3n) is 4.04. The quantitative estimate of drug-likeness (QED) is 0.522. The van der Waals surface area contributed by atoms with Gasteiger partial charge in [-0.25, -0.2) is 4.39 Å². The molecule has 0 atom stereocenters. The SMILES string of the molecule is CCCCCCCCOc1ccc(-c2ccc(C#N)c(F)c2)cc1. The zero-order chi connectivity index (χ0) is 17.2. The molecule has 0 amide bonds. The maximum Gasteiger partial charge on any atom is 0.141 e. The first-order valence-corrected chi connectivity index (χ1v) is 8.67. The van der Waals surface area contributed by atoms with Crippen molar-refractivity contribution in [1.29, 1.82) is 5.26 Å². The van der Waals surface area contributed by atoms with E-state index in [0.29, 0.717) is 0 Å². The van der Waals surface area contributed by atoms with Crippen LogP contribution in [0.2, 0.25) is 0 Å². The van der Waals surface area contributed by atoms with Crippen molar-refractivity contribution < 1.29 is 9.13 Å². The molecule has 0 aliphatic heterocycles. The van der Waals surface area contributed by atoms with Gasteiger partial charge in [-0.05, 0) is 41.8 Å². The van der Waals surface area contributed by atoms with Gasteiger partial charge in [0, 0.05) is 0 Å². The summed E-state index contributed by atoms with van der Waals surface area (Å²) in [6.07, 6.45) is 7.46. The highest BCUT2D eigenvalue weighted by molar-refractivity contribution is 5.65. The Labute approximate surface area is 143 Å². The van der Waals surface area contributed by atoms with Crippen molar-refractivity contribution in [2.24, 2.45) is 0 Å². The number of nitriles is 1. The summed E-state index contributed by atoms with van der Waals surface area (Å²) in [4.78, 5) is 0. The Morgan fingerprint density at radius 2 is 1.58 bits per heavy atom. The van der Waals surface area contributed by atoms with Crippen LogP contribution >= 0.6 is 0 Å². The molecular formula is C21H24FNO. The molecule has 24 heavy (non-hydrogen) atoms. The lowest BCUT2D eigenvalue weighted by Crippen LogP contribution is -1.97.